The lowest BCUT2D eigenvalue weighted by atomic mass is 10.0. The number of anilines is 1. The molecular formula is C24H31N5OS. The first-order valence-electron chi connectivity index (χ1n) is 11.1. The highest BCUT2D eigenvalue weighted by Gasteiger charge is 2.18. The molecule has 3 heterocycles. The van der Waals surface area contributed by atoms with E-state index in [1.165, 1.54) is 40.8 Å². The predicted octanol–water partition coefficient (Wildman–Crippen LogP) is 4.41. The van der Waals surface area contributed by atoms with E-state index in [2.05, 4.69) is 57.5 Å². The standard InChI is InChI=1S/C24H31N5OS/c1-16-18(3)31-24-21(16)22(26-15-27-24)28-17(2)23(30)25-13-19-9-5-6-10-20(19)14-29-11-7-4-8-12-29/h5-6,9-10,15,17H,4,7-8,11-14H2,1-3H3,(H,25,30)(H,26,27,28). The van der Waals surface area contributed by atoms with Crippen LogP contribution in [0, 0.1) is 13.8 Å². The smallest absolute Gasteiger partial charge is 0.242 e. The monoisotopic (exact) mass is 437 g/mol. The van der Waals surface area contributed by atoms with Crippen molar-refractivity contribution in [2.45, 2.75) is 59.2 Å². The molecule has 1 aliphatic heterocycles. The molecule has 0 aliphatic carbocycles. The number of carbonyl (C=O) groups is 1. The van der Waals surface area contributed by atoms with E-state index in [9.17, 15) is 4.79 Å². The molecule has 164 valence electrons. The summed E-state index contributed by atoms with van der Waals surface area (Å²) >= 11 is 1.66. The number of hydrogen-bond donors (Lipinski definition) is 2. The molecule has 2 aromatic heterocycles. The van der Waals surface area contributed by atoms with Crippen molar-refractivity contribution in [1.82, 2.24) is 20.2 Å². The Labute approximate surface area is 188 Å². The summed E-state index contributed by atoms with van der Waals surface area (Å²) in [6.45, 7) is 9.85. The van der Waals surface area contributed by atoms with Gasteiger partial charge < -0.3 is 10.6 Å². The zero-order chi connectivity index (χ0) is 21.8. The van der Waals surface area contributed by atoms with Gasteiger partial charge in [0.05, 0.1) is 5.39 Å². The van der Waals surface area contributed by atoms with Gasteiger partial charge in [-0.15, -0.1) is 11.3 Å². The first kappa shape index (κ1) is 21.7. The van der Waals surface area contributed by atoms with Gasteiger partial charge in [-0.3, -0.25) is 9.69 Å². The van der Waals surface area contributed by atoms with E-state index < -0.39 is 6.04 Å². The first-order valence-corrected chi connectivity index (χ1v) is 11.9. The molecule has 2 N–H and O–H groups in total. The highest BCUT2D eigenvalue weighted by Crippen LogP contribution is 2.32. The quantitative estimate of drug-likeness (QED) is 0.573. The van der Waals surface area contributed by atoms with Gasteiger partial charge in [-0.05, 0) is 63.4 Å². The van der Waals surface area contributed by atoms with Crippen molar-refractivity contribution in [2.24, 2.45) is 0 Å². The number of hydrogen-bond acceptors (Lipinski definition) is 6. The number of amides is 1. The van der Waals surface area contributed by atoms with Crippen molar-refractivity contribution < 1.29 is 4.79 Å². The maximum Gasteiger partial charge on any atom is 0.242 e. The summed E-state index contributed by atoms with van der Waals surface area (Å²) in [5, 5.41) is 7.41. The van der Waals surface area contributed by atoms with Crippen molar-refractivity contribution in [3.63, 3.8) is 0 Å². The van der Waals surface area contributed by atoms with Gasteiger partial charge in [-0.25, -0.2) is 9.97 Å². The Morgan fingerprint density at radius 3 is 2.65 bits per heavy atom. The van der Waals surface area contributed by atoms with E-state index in [-0.39, 0.29) is 5.91 Å². The summed E-state index contributed by atoms with van der Waals surface area (Å²) in [7, 11) is 0. The molecule has 1 aliphatic rings. The fourth-order valence-electron chi connectivity index (χ4n) is 4.14. The number of fused-ring (bicyclic) bond motifs is 1. The Balaban J connectivity index is 1.39. The number of piperidine rings is 1. The second-order valence-electron chi connectivity index (χ2n) is 8.38. The number of benzene rings is 1. The maximum atomic E-state index is 12.8. The van der Waals surface area contributed by atoms with Crippen molar-refractivity contribution in [3.05, 3.63) is 52.2 Å². The van der Waals surface area contributed by atoms with Gasteiger partial charge in [0.1, 0.15) is 23.0 Å². The van der Waals surface area contributed by atoms with E-state index in [4.69, 9.17) is 0 Å². The third-order valence-corrected chi connectivity index (χ3v) is 7.24. The van der Waals surface area contributed by atoms with E-state index in [1.807, 2.05) is 13.0 Å². The lowest BCUT2D eigenvalue weighted by molar-refractivity contribution is -0.121. The van der Waals surface area contributed by atoms with Gasteiger partial charge in [0.2, 0.25) is 5.91 Å². The number of carbonyl (C=O) groups excluding carboxylic acids is 1. The fraction of sp³-hybridized carbons (Fsp3) is 0.458. The van der Waals surface area contributed by atoms with Crippen molar-refractivity contribution >= 4 is 33.3 Å². The summed E-state index contributed by atoms with van der Waals surface area (Å²) in [6.07, 6.45) is 5.45. The van der Waals surface area contributed by atoms with Gasteiger partial charge in [-0.2, -0.15) is 0 Å². The third-order valence-electron chi connectivity index (χ3n) is 6.13. The van der Waals surface area contributed by atoms with Crippen molar-refractivity contribution in [2.75, 3.05) is 18.4 Å². The Hall–Kier alpha value is -2.51. The third kappa shape index (κ3) is 5.05. The number of nitrogens with one attached hydrogen (secondary N) is 2. The molecule has 1 atom stereocenters. The summed E-state index contributed by atoms with van der Waals surface area (Å²) in [5.41, 5.74) is 3.65. The Morgan fingerprint density at radius 2 is 1.87 bits per heavy atom. The number of likely N-dealkylation sites (tertiary alicyclic amines) is 1. The fourth-order valence-corrected chi connectivity index (χ4v) is 5.14. The lowest BCUT2D eigenvalue weighted by Crippen LogP contribution is -2.37. The van der Waals surface area contributed by atoms with E-state index >= 15 is 0 Å². The number of thiophene rings is 1. The molecule has 1 saturated heterocycles. The topological polar surface area (TPSA) is 70.1 Å². The van der Waals surface area contributed by atoms with Crippen LogP contribution < -0.4 is 10.6 Å². The van der Waals surface area contributed by atoms with Gasteiger partial charge >= 0.3 is 0 Å². The second-order valence-corrected chi connectivity index (χ2v) is 9.58. The summed E-state index contributed by atoms with van der Waals surface area (Å²) < 4.78 is 0. The zero-order valence-corrected chi connectivity index (χ0v) is 19.4. The molecule has 7 heteroatoms. The van der Waals surface area contributed by atoms with Gasteiger partial charge in [0, 0.05) is 18.0 Å². The molecule has 4 rings (SSSR count). The normalized spacial score (nSPS) is 15.7. The van der Waals surface area contributed by atoms with Crippen LogP contribution in [0.3, 0.4) is 0 Å². The molecule has 1 unspecified atom stereocenters. The minimum Gasteiger partial charge on any atom is -0.358 e. The Morgan fingerprint density at radius 1 is 1.13 bits per heavy atom. The number of aromatic nitrogens is 2. The van der Waals surface area contributed by atoms with Crippen LogP contribution in [-0.2, 0) is 17.9 Å². The van der Waals surface area contributed by atoms with Crippen molar-refractivity contribution in [1.29, 1.82) is 0 Å². The highest BCUT2D eigenvalue weighted by molar-refractivity contribution is 7.18. The van der Waals surface area contributed by atoms with Crippen LogP contribution in [0.5, 0.6) is 0 Å². The minimum atomic E-state index is -0.396. The predicted molar refractivity (Wildman–Crippen MR) is 127 cm³/mol. The van der Waals surface area contributed by atoms with Crippen LogP contribution in [0.25, 0.3) is 10.2 Å². The molecule has 0 radical (unpaired) electrons. The average molecular weight is 438 g/mol. The molecule has 1 fully saturated rings. The molecule has 0 spiro atoms. The average Bonchev–Trinajstić information content (AvgIpc) is 3.08. The Kier molecular flexibility index (Phi) is 6.83. The maximum absolute atomic E-state index is 12.8. The van der Waals surface area contributed by atoms with Gasteiger partial charge in [-0.1, -0.05) is 30.7 Å². The zero-order valence-electron chi connectivity index (χ0n) is 18.6. The van der Waals surface area contributed by atoms with Crippen LogP contribution in [0.1, 0.15) is 47.8 Å². The summed E-state index contributed by atoms with van der Waals surface area (Å²) in [6, 6.07) is 8.02. The van der Waals surface area contributed by atoms with Gasteiger partial charge in [0.15, 0.2) is 0 Å². The molecule has 1 aromatic carbocycles. The van der Waals surface area contributed by atoms with E-state index in [0.717, 1.165) is 35.7 Å². The molecule has 6 nitrogen and oxygen atoms in total. The lowest BCUT2D eigenvalue weighted by Gasteiger charge is -2.27. The SMILES string of the molecule is Cc1sc2ncnc(NC(C)C(=O)NCc3ccccc3CN3CCCCC3)c2c1C. The van der Waals surface area contributed by atoms with Gasteiger partial charge in [0.25, 0.3) is 0 Å². The van der Waals surface area contributed by atoms with Crippen LogP contribution in [0.4, 0.5) is 5.82 Å². The molecule has 1 amide bonds. The molecule has 31 heavy (non-hydrogen) atoms. The number of rotatable bonds is 7. The molecule has 0 saturated carbocycles. The highest BCUT2D eigenvalue weighted by atomic mass is 32.1. The summed E-state index contributed by atoms with van der Waals surface area (Å²) in [5.74, 6) is 0.684. The van der Waals surface area contributed by atoms with Crippen LogP contribution >= 0.6 is 11.3 Å². The molecule has 0 bridgehead atoms. The Bertz CT molecular complexity index is 1060. The van der Waals surface area contributed by atoms with Crippen molar-refractivity contribution in [3.8, 4) is 0 Å². The second kappa shape index (κ2) is 9.75. The van der Waals surface area contributed by atoms with Crippen LogP contribution in [0.15, 0.2) is 30.6 Å². The number of nitrogens with zero attached hydrogens (tertiary/aromatic N) is 3. The first-order chi connectivity index (χ1) is 15.0. The van der Waals surface area contributed by atoms with E-state index in [0.29, 0.717) is 6.54 Å². The molecule has 3 aromatic rings. The molecular weight excluding hydrogens is 406 g/mol. The largest absolute Gasteiger partial charge is 0.358 e. The van der Waals surface area contributed by atoms with Crippen LogP contribution in [0.2, 0.25) is 0 Å². The minimum absolute atomic E-state index is 0.0378. The summed E-state index contributed by atoms with van der Waals surface area (Å²) in [4.78, 5) is 26.3. The van der Waals surface area contributed by atoms with Crippen LogP contribution in [-0.4, -0.2) is 39.9 Å². The number of aryl methyl sites for hydroxylation is 2. The van der Waals surface area contributed by atoms with E-state index in [1.54, 1.807) is 17.7 Å².